The molecule has 0 aliphatic carbocycles. The second-order valence-corrected chi connectivity index (χ2v) is 4.02. The van der Waals surface area contributed by atoms with Crippen molar-refractivity contribution in [1.82, 2.24) is 0 Å². The fourth-order valence-electron chi connectivity index (χ4n) is 1.55. The number of ether oxygens (including phenoxy) is 2. The molecule has 0 bridgehead atoms. The third-order valence-corrected chi connectivity index (χ3v) is 2.78. The summed E-state index contributed by atoms with van der Waals surface area (Å²) in [5.41, 5.74) is 5.93. The minimum absolute atomic E-state index is 0.0232. The summed E-state index contributed by atoms with van der Waals surface area (Å²) in [5, 5.41) is 0.607. The predicted octanol–water partition coefficient (Wildman–Crippen LogP) is 1.83. The Morgan fingerprint density at radius 1 is 1.40 bits per heavy atom. The molecular weight excluding hydrogens is 214 g/mol. The van der Waals surface area contributed by atoms with Gasteiger partial charge in [0.15, 0.2) is 0 Å². The number of halogens is 1. The largest absolute Gasteiger partial charge is 0.485 e. The van der Waals surface area contributed by atoms with Crippen molar-refractivity contribution < 1.29 is 9.47 Å². The number of nitrogens with two attached hydrogens (primary N) is 1. The minimum Gasteiger partial charge on any atom is -0.485 e. The molecule has 4 heteroatoms. The van der Waals surface area contributed by atoms with Gasteiger partial charge in [-0.15, -0.1) is 0 Å². The van der Waals surface area contributed by atoms with Crippen molar-refractivity contribution in [3.8, 4) is 5.75 Å². The molecule has 1 heterocycles. The maximum absolute atomic E-state index is 5.98. The number of hydrogen-bond donors (Lipinski definition) is 1. The molecule has 2 N–H and O–H groups in total. The van der Waals surface area contributed by atoms with Crippen LogP contribution in [-0.2, 0) is 4.74 Å². The van der Waals surface area contributed by atoms with E-state index in [-0.39, 0.29) is 12.1 Å². The van der Waals surface area contributed by atoms with Crippen LogP contribution in [0.25, 0.3) is 0 Å². The number of rotatable bonds is 2. The molecule has 3 nitrogen and oxygen atoms in total. The topological polar surface area (TPSA) is 44.5 Å². The van der Waals surface area contributed by atoms with Gasteiger partial charge in [-0.1, -0.05) is 23.7 Å². The van der Waals surface area contributed by atoms with Crippen molar-refractivity contribution in [2.24, 2.45) is 5.73 Å². The van der Waals surface area contributed by atoms with Gasteiger partial charge >= 0.3 is 0 Å². The van der Waals surface area contributed by atoms with Gasteiger partial charge in [0.05, 0.1) is 11.6 Å². The molecule has 2 rings (SSSR count). The molecule has 82 valence electrons. The van der Waals surface area contributed by atoms with Crippen molar-refractivity contribution in [2.75, 3.05) is 13.2 Å². The highest BCUT2D eigenvalue weighted by atomic mass is 35.5. The first-order valence-electron chi connectivity index (χ1n) is 5.02. The zero-order valence-electron chi connectivity index (χ0n) is 8.36. The Morgan fingerprint density at radius 2 is 2.20 bits per heavy atom. The van der Waals surface area contributed by atoms with Crippen molar-refractivity contribution in [1.29, 1.82) is 0 Å². The lowest BCUT2D eigenvalue weighted by atomic mass is 10.1. The molecule has 1 aliphatic rings. The summed E-state index contributed by atoms with van der Waals surface area (Å²) in [6.45, 7) is 1.25. The van der Waals surface area contributed by atoms with Crippen molar-refractivity contribution in [3.63, 3.8) is 0 Å². The van der Waals surface area contributed by atoms with Gasteiger partial charge in [-0.2, -0.15) is 0 Å². The molecule has 0 spiro atoms. The highest BCUT2D eigenvalue weighted by Gasteiger charge is 2.24. The van der Waals surface area contributed by atoms with Crippen LogP contribution in [0.4, 0.5) is 0 Å². The van der Waals surface area contributed by atoms with Crippen molar-refractivity contribution >= 4 is 11.6 Å². The Bertz CT molecular complexity index is 332. The second-order valence-electron chi connectivity index (χ2n) is 3.61. The highest BCUT2D eigenvalue weighted by Crippen LogP contribution is 2.25. The smallest absolute Gasteiger partial charge is 0.138 e. The van der Waals surface area contributed by atoms with Crippen LogP contribution >= 0.6 is 11.6 Å². The van der Waals surface area contributed by atoms with Crippen LogP contribution in [0, 0.1) is 0 Å². The lowest BCUT2D eigenvalue weighted by Crippen LogP contribution is -2.46. The lowest BCUT2D eigenvalue weighted by molar-refractivity contribution is -0.00527. The van der Waals surface area contributed by atoms with E-state index in [1.807, 2.05) is 18.2 Å². The molecule has 0 saturated carbocycles. The molecule has 1 saturated heterocycles. The van der Waals surface area contributed by atoms with E-state index >= 15 is 0 Å². The Balaban J connectivity index is 2.04. The monoisotopic (exact) mass is 227 g/mol. The zero-order chi connectivity index (χ0) is 10.7. The number of hydrogen-bond acceptors (Lipinski definition) is 3. The van der Waals surface area contributed by atoms with Gasteiger partial charge in [-0.3, -0.25) is 0 Å². The van der Waals surface area contributed by atoms with Crippen LogP contribution in [0.5, 0.6) is 5.75 Å². The first-order chi connectivity index (χ1) is 7.27. The first kappa shape index (κ1) is 10.7. The van der Waals surface area contributed by atoms with Gasteiger partial charge in [0, 0.05) is 12.6 Å². The normalized spacial score (nSPS) is 26.3. The van der Waals surface area contributed by atoms with Crippen LogP contribution in [-0.4, -0.2) is 25.4 Å². The van der Waals surface area contributed by atoms with Crippen LogP contribution < -0.4 is 10.5 Å². The molecule has 1 aliphatic heterocycles. The van der Waals surface area contributed by atoms with Gasteiger partial charge in [-0.25, -0.2) is 0 Å². The van der Waals surface area contributed by atoms with Gasteiger partial charge < -0.3 is 15.2 Å². The third kappa shape index (κ3) is 2.62. The quantitative estimate of drug-likeness (QED) is 0.839. The number of benzene rings is 1. The van der Waals surface area contributed by atoms with E-state index in [0.717, 1.165) is 6.42 Å². The zero-order valence-corrected chi connectivity index (χ0v) is 9.11. The fourth-order valence-corrected chi connectivity index (χ4v) is 1.73. The van der Waals surface area contributed by atoms with Crippen LogP contribution in [0.15, 0.2) is 24.3 Å². The summed E-state index contributed by atoms with van der Waals surface area (Å²) in [5.74, 6) is 0.671. The Morgan fingerprint density at radius 3 is 2.93 bits per heavy atom. The summed E-state index contributed by atoms with van der Waals surface area (Å²) >= 11 is 5.98. The molecule has 1 fully saturated rings. The molecule has 0 radical (unpaired) electrons. The van der Waals surface area contributed by atoms with E-state index in [2.05, 4.69) is 0 Å². The molecule has 1 aromatic carbocycles. The minimum atomic E-state index is -0.0985. The fraction of sp³-hybridized carbons (Fsp3) is 0.455. The van der Waals surface area contributed by atoms with E-state index in [4.69, 9.17) is 26.8 Å². The molecule has 0 aromatic heterocycles. The molecular formula is C11H14ClNO2. The van der Waals surface area contributed by atoms with E-state index in [9.17, 15) is 0 Å². The Labute approximate surface area is 94.1 Å². The molecule has 15 heavy (non-hydrogen) atoms. The maximum atomic E-state index is 5.98. The standard InChI is InChI=1S/C11H14ClNO2/c12-8-3-1-2-4-10(8)15-11-7-14-6-5-9(11)13/h1-4,9,11H,5-7,13H2. The molecule has 0 amide bonds. The predicted molar refractivity (Wildman–Crippen MR) is 59.3 cm³/mol. The van der Waals surface area contributed by atoms with E-state index in [1.54, 1.807) is 6.07 Å². The van der Waals surface area contributed by atoms with E-state index in [1.165, 1.54) is 0 Å². The summed E-state index contributed by atoms with van der Waals surface area (Å²) in [4.78, 5) is 0. The SMILES string of the molecule is NC1CCOCC1Oc1ccccc1Cl. The molecule has 1 aromatic rings. The second kappa shape index (κ2) is 4.84. The number of para-hydroxylation sites is 1. The summed E-state index contributed by atoms with van der Waals surface area (Å²) in [7, 11) is 0. The Kier molecular flexibility index (Phi) is 3.46. The Hall–Kier alpha value is -0.770. The average Bonchev–Trinajstić information content (AvgIpc) is 2.24. The maximum Gasteiger partial charge on any atom is 0.138 e. The van der Waals surface area contributed by atoms with Gasteiger partial charge in [0.2, 0.25) is 0 Å². The summed E-state index contributed by atoms with van der Waals surface area (Å²) in [6, 6.07) is 7.41. The van der Waals surface area contributed by atoms with Crippen LogP contribution in [0.3, 0.4) is 0 Å². The highest BCUT2D eigenvalue weighted by molar-refractivity contribution is 6.32. The van der Waals surface area contributed by atoms with Gasteiger partial charge in [0.25, 0.3) is 0 Å². The third-order valence-electron chi connectivity index (χ3n) is 2.47. The van der Waals surface area contributed by atoms with Gasteiger partial charge in [-0.05, 0) is 18.6 Å². The van der Waals surface area contributed by atoms with Crippen LogP contribution in [0.1, 0.15) is 6.42 Å². The van der Waals surface area contributed by atoms with Crippen LogP contribution in [0.2, 0.25) is 5.02 Å². The molecule has 2 atom stereocenters. The van der Waals surface area contributed by atoms with Crippen molar-refractivity contribution in [3.05, 3.63) is 29.3 Å². The van der Waals surface area contributed by atoms with Gasteiger partial charge in [0.1, 0.15) is 11.9 Å². The molecule has 2 unspecified atom stereocenters. The van der Waals surface area contributed by atoms with E-state index in [0.29, 0.717) is 24.0 Å². The van der Waals surface area contributed by atoms with E-state index < -0.39 is 0 Å². The average molecular weight is 228 g/mol. The summed E-state index contributed by atoms with van der Waals surface area (Å²) < 4.78 is 11.0. The lowest BCUT2D eigenvalue weighted by Gasteiger charge is -2.29. The van der Waals surface area contributed by atoms with Crippen molar-refractivity contribution in [2.45, 2.75) is 18.6 Å². The first-order valence-corrected chi connectivity index (χ1v) is 5.39. The summed E-state index contributed by atoms with van der Waals surface area (Å²) in [6.07, 6.45) is 0.730.